The molecule has 0 spiro atoms. The van der Waals surface area contributed by atoms with Gasteiger partial charge in [-0.1, -0.05) is 36.4 Å². The lowest BCUT2D eigenvalue weighted by molar-refractivity contribution is 1.08. The van der Waals surface area contributed by atoms with Crippen LogP contribution in [0.4, 0.5) is 0 Å². The van der Waals surface area contributed by atoms with Crippen LogP contribution in [0.1, 0.15) is 11.4 Å². The molecule has 0 aliphatic heterocycles. The van der Waals surface area contributed by atoms with Crippen molar-refractivity contribution in [2.45, 2.75) is 0 Å². The number of nitrogens with one attached hydrogen (secondary N) is 1. The van der Waals surface area contributed by atoms with Gasteiger partial charge in [-0.3, -0.25) is 5.10 Å². The molecule has 0 aliphatic carbocycles. The molecule has 0 unspecified atom stereocenters. The second-order valence-corrected chi connectivity index (χ2v) is 3.65. The van der Waals surface area contributed by atoms with E-state index in [2.05, 4.69) is 20.2 Å². The summed E-state index contributed by atoms with van der Waals surface area (Å²) in [6, 6.07) is 10.1. The third-order valence-electron chi connectivity index (χ3n) is 2.43. The Labute approximate surface area is 98.0 Å². The second-order valence-electron chi connectivity index (χ2n) is 3.65. The van der Waals surface area contributed by atoms with E-state index in [0.29, 0.717) is 5.82 Å². The Kier molecular flexibility index (Phi) is 2.38. The number of fused-ring (bicyclic) bond motifs is 1. The SMILES string of the molecule is C(=Cc1ncc2cn[nH]c2n1)c1ccccc1. The van der Waals surface area contributed by atoms with Crippen LogP contribution < -0.4 is 0 Å². The maximum absolute atomic E-state index is 4.33. The van der Waals surface area contributed by atoms with Crippen LogP contribution in [-0.4, -0.2) is 20.2 Å². The van der Waals surface area contributed by atoms with E-state index in [-0.39, 0.29) is 0 Å². The van der Waals surface area contributed by atoms with Crippen molar-refractivity contribution < 1.29 is 0 Å². The van der Waals surface area contributed by atoms with Crippen molar-refractivity contribution in [1.82, 2.24) is 20.2 Å². The number of aromatic amines is 1. The van der Waals surface area contributed by atoms with Crippen molar-refractivity contribution in [3.05, 3.63) is 54.1 Å². The summed E-state index contributed by atoms with van der Waals surface area (Å²) < 4.78 is 0. The van der Waals surface area contributed by atoms with Crippen LogP contribution in [0.5, 0.6) is 0 Å². The summed E-state index contributed by atoms with van der Waals surface area (Å²) in [6.45, 7) is 0. The van der Waals surface area contributed by atoms with Gasteiger partial charge in [0.15, 0.2) is 11.5 Å². The van der Waals surface area contributed by atoms with Gasteiger partial charge in [-0.15, -0.1) is 0 Å². The third-order valence-corrected chi connectivity index (χ3v) is 2.43. The van der Waals surface area contributed by atoms with E-state index < -0.39 is 0 Å². The normalized spacial score (nSPS) is 11.3. The van der Waals surface area contributed by atoms with Crippen LogP contribution in [-0.2, 0) is 0 Å². The predicted molar refractivity (Wildman–Crippen MR) is 67.1 cm³/mol. The van der Waals surface area contributed by atoms with Crippen molar-refractivity contribution in [2.75, 3.05) is 0 Å². The predicted octanol–water partition coefficient (Wildman–Crippen LogP) is 2.52. The fourth-order valence-corrected chi connectivity index (χ4v) is 1.57. The lowest BCUT2D eigenvalue weighted by Gasteiger charge is -1.93. The Morgan fingerprint density at radius 3 is 2.76 bits per heavy atom. The summed E-state index contributed by atoms with van der Waals surface area (Å²) >= 11 is 0. The quantitative estimate of drug-likeness (QED) is 0.724. The van der Waals surface area contributed by atoms with E-state index >= 15 is 0 Å². The Bertz CT molecular complexity index is 655. The lowest BCUT2D eigenvalue weighted by atomic mass is 10.2. The minimum absolute atomic E-state index is 0.672. The Morgan fingerprint density at radius 1 is 1.00 bits per heavy atom. The molecule has 1 N–H and O–H groups in total. The molecule has 3 aromatic rings. The molecule has 0 fully saturated rings. The zero-order valence-electron chi connectivity index (χ0n) is 9.04. The van der Waals surface area contributed by atoms with E-state index in [1.54, 1.807) is 12.4 Å². The molecule has 82 valence electrons. The van der Waals surface area contributed by atoms with Crippen molar-refractivity contribution in [3.63, 3.8) is 0 Å². The molecule has 17 heavy (non-hydrogen) atoms. The first kappa shape index (κ1) is 9.72. The van der Waals surface area contributed by atoms with E-state index in [1.807, 2.05) is 42.5 Å². The standard InChI is InChI=1S/C13H10N4/c1-2-4-10(5-3-1)6-7-12-14-8-11-9-15-17-13(11)16-12/h1-9H,(H,14,15,16,17). The molecule has 0 atom stereocenters. The van der Waals surface area contributed by atoms with Gasteiger partial charge in [-0.2, -0.15) is 5.10 Å². The molecule has 4 heteroatoms. The van der Waals surface area contributed by atoms with Crippen LogP contribution in [0.15, 0.2) is 42.7 Å². The van der Waals surface area contributed by atoms with Crippen molar-refractivity contribution in [2.24, 2.45) is 0 Å². The maximum Gasteiger partial charge on any atom is 0.159 e. The Hall–Kier alpha value is -2.49. The molecule has 0 amide bonds. The summed E-state index contributed by atoms with van der Waals surface area (Å²) in [7, 11) is 0. The number of benzene rings is 1. The minimum Gasteiger partial charge on any atom is -0.261 e. The second kappa shape index (κ2) is 4.17. The number of hydrogen-bond donors (Lipinski definition) is 1. The number of aromatic nitrogens is 4. The van der Waals surface area contributed by atoms with Crippen molar-refractivity contribution in [1.29, 1.82) is 0 Å². The van der Waals surface area contributed by atoms with Gasteiger partial charge >= 0.3 is 0 Å². The first-order valence-corrected chi connectivity index (χ1v) is 5.31. The fraction of sp³-hybridized carbons (Fsp3) is 0. The number of nitrogens with zero attached hydrogens (tertiary/aromatic N) is 3. The Balaban J connectivity index is 1.92. The summed E-state index contributed by atoms with van der Waals surface area (Å²) in [5, 5.41) is 7.65. The van der Waals surface area contributed by atoms with Crippen LogP contribution >= 0.6 is 0 Å². The summed E-state index contributed by atoms with van der Waals surface area (Å²) in [4.78, 5) is 8.57. The molecular weight excluding hydrogens is 212 g/mol. The molecule has 0 saturated carbocycles. The highest BCUT2D eigenvalue weighted by molar-refractivity contribution is 5.75. The zero-order valence-corrected chi connectivity index (χ0v) is 9.04. The number of hydrogen-bond acceptors (Lipinski definition) is 3. The van der Waals surface area contributed by atoms with E-state index in [1.165, 1.54) is 0 Å². The van der Waals surface area contributed by atoms with E-state index in [0.717, 1.165) is 16.6 Å². The molecule has 3 rings (SSSR count). The molecule has 0 radical (unpaired) electrons. The lowest BCUT2D eigenvalue weighted by Crippen LogP contribution is -1.86. The molecule has 0 bridgehead atoms. The summed E-state index contributed by atoms with van der Waals surface area (Å²) in [5.41, 5.74) is 1.88. The van der Waals surface area contributed by atoms with E-state index in [9.17, 15) is 0 Å². The summed E-state index contributed by atoms with van der Waals surface area (Å²) in [5.74, 6) is 0.672. The highest BCUT2D eigenvalue weighted by Crippen LogP contribution is 2.08. The minimum atomic E-state index is 0.672. The molecule has 4 nitrogen and oxygen atoms in total. The first-order valence-electron chi connectivity index (χ1n) is 5.31. The largest absolute Gasteiger partial charge is 0.261 e. The van der Waals surface area contributed by atoms with E-state index in [4.69, 9.17) is 0 Å². The van der Waals surface area contributed by atoms with Crippen LogP contribution in [0, 0.1) is 0 Å². The average molecular weight is 222 g/mol. The van der Waals surface area contributed by atoms with Gasteiger partial charge in [-0.25, -0.2) is 9.97 Å². The molecule has 0 aliphatic rings. The van der Waals surface area contributed by atoms with Gasteiger partial charge < -0.3 is 0 Å². The van der Waals surface area contributed by atoms with Crippen LogP contribution in [0.25, 0.3) is 23.2 Å². The monoisotopic (exact) mass is 222 g/mol. The zero-order chi connectivity index (χ0) is 11.5. The van der Waals surface area contributed by atoms with Gasteiger partial charge in [0.2, 0.25) is 0 Å². The molecule has 2 heterocycles. The first-order chi connectivity index (χ1) is 8.42. The average Bonchev–Trinajstić information content (AvgIpc) is 2.85. The van der Waals surface area contributed by atoms with Crippen LogP contribution in [0.3, 0.4) is 0 Å². The van der Waals surface area contributed by atoms with Gasteiger partial charge in [-0.05, 0) is 11.6 Å². The number of rotatable bonds is 2. The third kappa shape index (κ3) is 2.06. The fourth-order valence-electron chi connectivity index (χ4n) is 1.57. The van der Waals surface area contributed by atoms with Gasteiger partial charge in [0.25, 0.3) is 0 Å². The van der Waals surface area contributed by atoms with Gasteiger partial charge in [0, 0.05) is 6.20 Å². The number of H-pyrrole nitrogens is 1. The van der Waals surface area contributed by atoms with Gasteiger partial charge in [0.05, 0.1) is 11.6 Å². The summed E-state index contributed by atoms with van der Waals surface area (Å²) in [6.07, 6.45) is 7.34. The molecule has 1 aromatic carbocycles. The molecule has 2 aromatic heterocycles. The molecular formula is C13H10N4. The Morgan fingerprint density at radius 2 is 1.88 bits per heavy atom. The molecule has 0 saturated heterocycles. The van der Waals surface area contributed by atoms with Crippen LogP contribution in [0.2, 0.25) is 0 Å². The maximum atomic E-state index is 4.33. The highest BCUT2D eigenvalue weighted by atomic mass is 15.1. The smallest absolute Gasteiger partial charge is 0.159 e. The topological polar surface area (TPSA) is 54.5 Å². The van der Waals surface area contributed by atoms with Crippen molar-refractivity contribution in [3.8, 4) is 0 Å². The van der Waals surface area contributed by atoms with Crippen molar-refractivity contribution >= 4 is 23.2 Å². The highest BCUT2D eigenvalue weighted by Gasteiger charge is 1.97. The van der Waals surface area contributed by atoms with Gasteiger partial charge in [0.1, 0.15) is 0 Å².